The highest BCUT2D eigenvalue weighted by atomic mass is 35.7. The molecule has 2 aliphatic carbocycles. The summed E-state index contributed by atoms with van der Waals surface area (Å²) in [7, 11) is -2.60. The minimum absolute atomic E-state index is 0.0265. The number of carbonyl (C=O) groups excluding carboxylic acids is 2. The average molecular weight is 920 g/mol. The molecule has 2 saturated carbocycles. The van der Waals surface area contributed by atoms with E-state index in [0.29, 0.717) is 21.2 Å². The molecule has 3 N–H and O–H groups in total. The molecule has 0 unspecified atom stereocenters. The third-order valence-corrected chi connectivity index (χ3v) is 12.2. The molecule has 14 nitrogen and oxygen atoms in total. The zero-order chi connectivity index (χ0) is 43.0. The number of nitrogens with one attached hydrogen (secondary N) is 2. The normalized spacial score (nSPS) is 23.0. The Morgan fingerprint density at radius 2 is 1.02 bits per heavy atom. The zero-order valence-electron chi connectivity index (χ0n) is 33.3. The number of aryl methyl sites for hydroxylation is 2. The van der Waals surface area contributed by atoms with E-state index >= 15 is 0 Å². The van der Waals surface area contributed by atoms with Crippen molar-refractivity contribution in [1.29, 1.82) is 0 Å². The van der Waals surface area contributed by atoms with Crippen LogP contribution in [0.15, 0.2) is 47.9 Å². The lowest BCUT2D eigenvalue weighted by Crippen LogP contribution is -2.61. The Balaban J connectivity index is 0.000000180. The number of hydrogen-bond acceptors (Lipinski definition) is 12. The summed E-state index contributed by atoms with van der Waals surface area (Å²) in [6.07, 6.45) is 11.6. The molecule has 4 fully saturated rings. The summed E-state index contributed by atoms with van der Waals surface area (Å²) in [5.41, 5.74) is 0.895. The summed E-state index contributed by atoms with van der Waals surface area (Å²) in [6, 6.07) is 10.6. The second-order valence-corrected chi connectivity index (χ2v) is 21.5. The number of ether oxygens (including phenoxy) is 4. The van der Waals surface area contributed by atoms with E-state index in [1.807, 2.05) is 19.9 Å². The highest BCUT2D eigenvalue weighted by molar-refractivity contribution is 8.13. The fourth-order valence-electron chi connectivity index (χ4n) is 8.13. The van der Waals surface area contributed by atoms with E-state index < -0.39 is 47.7 Å². The summed E-state index contributed by atoms with van der Waals surface area (Å²) in [5, 5.41) is 17.3. The van der Waals surface area contributed by atoms with Crippen molar-refractivity contribution in [2.24, 2.45) is 0 Å². The Bertz CT molecular complexity index is 2240. The van der Waals surface area contributed by atoms with Crippen molar-refractivity contribution in [1.82, 2.24) is 10.6 Å². The van der Waals surface area contributed by atoms with Gasteiger partial charge in [0.1, 0.15) is 16.8 Å². The molecule has 59 heavy (non-hydrogen) atoms. The third kappa shape index (κ3) is 10.4. The lowest BCUT2D eigenvalue weighted by Gasteiger charge is -2.46. The largest absolute Gasteiger partial charge is 0.509 e. The van der Waals surface area contributed by atoms with Crippen LogP contribution in [0.4, 0.5) is 0 Å². The molecule has 19 heteroatoms. The minimum atomic E-state index is -3.91. The molecular formula is C40H49Cl3N2O12S2. The van der Waals surface area contributed by atoms with Gasteiger partial charge < -0.3 is 38.9 Å². The van der Waals surface area contributed by atoms with E-state index in [1.165, 1.54) is 6.42 Å². The Labute approximate surface area is 359 Å². The number of halogens is 3. The van der Waals surface area contributed by atoms with Crippen molar-refractivity contribution >= 4 is 76.0 Å². The molecule has 6 aliphatic rings. The first kappa shape index (κ1) is 45.6. The first-order valence-corrected chi connectivity index (χ1v) is 24.6. The second-order valence-electron chi connectivity index (χ2n) is 16.0. The summed E-state index contributed by atoms with van der Waals surface area (Å²) in [6.45, 7) is 4.34. The van der Waals surface area contributed by atoms with Crippen molar-refractivity contribution in [2.75, 3.05) is 38.9 Å². The molecule has 4 aliphatic heterocycles. The summed E-state index contributed by atoms with van der Waals surface area (Å²) < 4.78 is 72.4. The van der Waals surface area contributed by atoms with Crippen LogP contribution < -0.4 is 10.6 Å². The maximum Gasteiger partial charge on any atom is 0.306 e. The molecule has 8 rings (SSSR count). The van der Waals surface area contributed by atoms with Crippen molar-refractivity contribution in [3.8, 4) is 0 Å². The number of amides is 2. The summed E-state index contributed by atoms with van der Waals surface area (Å²) >= 11 is 12.7. The first-order chi connectivity index (χ1) is 27.6. The van der Waals surface area contributed by atoms with Gasteiger partial charge in [0.25, 0.3) is 11.8 Å². The van der Waals surface area contributed by atoms with E-state index in [9.17, 15) is 31.5 Å². The highest BCUT2D eigenvalue weighted by Crippen LogP contribution is 2.45. The summed E-state index contributed by atoms with van der Waals surface area (Å²) in [5.74, 6) is -2.13. The van der Waals surface area contributed by atoms with Crippen molar-refractivity contribution in [3.63, 3.8) is 0 Å². The zero-order valence-corrected chi connectivity index (χ0v) is 37.2. The van der Waals surface area contributed by atoms with Gasteiger partial charge in [-0.1, -0.05) is 60.3 Å². The van der Waals surface area contributed by atoms with Crippen molar-refractivity contribution in [3.05, 3.63) is 80.2 Å². The van der Waals surface area contributed by atoms with Crippen LogP contribution in [-0.2, 0) is 51.9 Å². The van der Waals surface area contributed by atoms with Crippen LogP contribution >= 0.6 is 33.9 Å². The molecule has 0 atom stereocenters. The average Bonchev–Trinajstić information content (AvgIpc) is 3.54. The molecule has 2 amide bonds. The van der Waals surface area contributed by atoms with E-state index in [1.54, 1.807) is 30.3 Å². The van der Waals surface area contributed by atoms with Gasteiger partial charge in [-0.2, -0.15) is 8.42 Å². The van der Waals surface area contributed by atoms with E-state index in [4.69, 9.17) is 46.3 Å². The monoisotopic (exact) mass is 918 g/mol. The van der Waals surface area contributed by atoms with Crippen LogP contribution in [0.5, 0.6) is 0 Å². The minimum Gasteiger partial charge on any atom is -0.509 e. The predicted octanol–water partition coefficient (Wildman–Crippen LogP) is 6.59. The molecule has 2 aromatic carbocycles. The van der Waals surface area contributed by atoms with Gasteiger partial charge in [-0.05, 0) is 62.8 Å². The lowest BCUT2D eigenvalue weighted by molar-refractivity contribution is -0.299. The van der Waals surface area contributed by atoms with Gasteiger partial charge in [0, 0.05) is 57.5 Å². The van der Waals surface area contributed by atoms with Crippen LogP contribution in [0.2, 0.25) is 10.0 Å². The number of benzene rings is 2. The molecule has 4 spiro atoms. The van der Waals surface area contributed by atoms with E-state index in [-0.39, 0.29) is 55.0 Å². The lowest BCUT2D eigenvalue weighted by atomic mass is 9.90. The van der Waals surface area contributed by atoms with Crippen LogP contribution in [0, 0.1) is 13.8 Å². The van der Waals surface area contributed by atoms with Gasteiger partial charge in [0.05, 0.1) is 50.1 Å². The van der Waals surface area contributed by atoms with Gasteiger partial charge in [-0.25, -0.2) is 8.42 Å². The Hall–Kier alpha value is -2.93. The SMILES string of the molecule is CS(=O)(=O)Cl.Cc1ccc(C2=C(O)C3(COC4(CCCCC4)OC3)NC2=O)c(Cl)c1.Cc1ccc(C2=C(OS(C)(=O)=O)C3(COC4(CCCCC4)OC3)NC2=O)c(Cl)c1. The molecular weight excluding hydrogens is 871 g/mol. The van der Waals surface area contributed by atoms with E-state index in [0.717, 1.165) is 81.4 Å². The summed E-state index contributed by atoms with van der Waals surface area (Å²) in [4.78, 5) is 25.5. The van der Waals surface area contributed by atoms with Crippen LogP contribution in [0.25, 0.3) is 11.1 Å². The van der Waals surface area contributed by atoms with Gasteiger partial charge in [-0.3, -0.25) is 9.59 Å². The Morgan fingerprint density at radius 1 is 0.644 bits per heavy atom. The van der Waals surface area contributed by atoms with Crippen LogP contribution in [0.1, 0.15) is 86.5 Å². The number of carbonyl (C=O) groups is 2. The third-order valence-electron chi connectivity index (χ3n) is 11.1. The topological polar surface area (TPSA) is 193 Å². The fraction of sp³-hybridized carbons (Fsp3) is 0.550. The molecule has 4 heterocycles. The Morgan fingerprint density at radius 3 is 1.42 bits per heavy atom. The quantitative estimate of drug-likeness (QED) is 0.221. The van der Waals surface area contributed by atoms with E-state index in [2.05, 4.69) is 21.3 Å². The smallest absolute Gasteiger partial charge is 0.306 e. The predicted molar refractivity (Wildman–Crippen MR) is 223 cm³/mol. The molecule has 0 radical (unpaired) electrons. The molecule has 324 valence electrons. The number of aliphatic hydroxyl groups excluding tert-OH is 1. The Kier molecular flexibility index (Phi) is 13.5. The second kappa shape index (κ2) is 17.4. The molecule has 2 aromatic rings. The number of hydrogen-bond donors (Lipinski definition) is 3. The van der Waals surface area contributed by atoms with Crippen LogP contribution in [0.3, 0.4) is 0 Å². The maximum atomic E-state index is 12.9. The molecule has 2 saturated heterocycles. The number of rotatable bonds is 4. The van der Waals surface area contributed by atoms with Gasteiger partial charge in [-0.15, -0.1) is 0 Å². The van der Waals surface area contributed by atoms with Crippen molar-refractivity contribution < 1.29 is 54.7 Å². The molecule has 0 bridgehead atoms. The maximum absolute atomic E-state index is 12.9. The van der Waals surface area contributed by atoms with Gasteiger partial charge in [0.2, 0.25) is 9.05 Å². The van der Waals surface area contributed by atoms with Crippen molar-refractivity contribution in [2.45, 2.75) is 101 Å². The number of aliphatic hydroxyl groups is 1. The van der Waals surface area contributed by atoms with Gasteiger partial charge in [0.15, 0.2) is 17.3 Å². The highest BCUT2D eigenvalue weighted by Gasteiger charge is 2.56. The molecule has 0 aromatic heterocycles. The van der Waals surface area contributed by atoms with Crippen LogP contribution in [-0.4, -0.2) is 95.3 Å². The van der Waals surface area contributed by atoms with Gasteiger partial charge >= 0.3 is 10.1 Å². The first-order valence-electron chi connectivity index (χ1n) is 19.3. The fourth-order valence-corrected chi connectivity index (χ4v) is 9.34. The standard InChI is InChI=1S/C20H24ClNO6S.C19H22ClNO4.CH3ClO2S/c1-13-6-7-14(15(21)10-13)16-17(28-29(2,24)25)19(22-18(16)23)11-26-20(27-12-19)8-4-3-5-9-20;1-12-5-6-13(14(20)9-12)15-16(22)18(21-17(15)23)10-24-19(25-11-18)7-3-2-4-8-19;1-5(2,3)4/h6-7,10H,3-5,8-9,11-12H2,1-2H3,(H,22,23);5-6,9,22H,2-4,7-8,10-11H2,1H3,(H,21,23);1H3.